The number of ether oxygens (including phenoxy) is 1. The van der Waals surface area contributed by atoms with E-state index in [9.17, 15) is 0 Å². The lowest BCUT2D eigenvalue weighted by molar-refractivity contribution is 0.209. The zero-order valence-electron chi connectivity index (χ0n) is 12.5. The molecule has 0 aliphatic carbocycles. The highest BCUT2D eigenvalue weighted by atomic mass is 16.5. The molecule has 1 aliphatic heterocycles. The van der Waals surface area contributed by atoms with Gasteiger partial charge in [-0.05, 0) is 56.8 Å². The molecule has 2 unspecified atom stereocenters. The second-order valence-electron chi connectivity index (χ2n) is 5.94. The predicted octanol–water partition coefficient (Wildman–Crippen LogP) is 3.71. The molecule has 0 amide bonds. The summed E-state index contributed by atoms with van der Waals surface area (Å²) in [4.78, 5) is 0. The van der Waals surface area contributed by atoms with Crippen molar-refractivity contribution in [3.63, 3.8) is 0 Å². The van der Waals surface area contributed by atoms with Crippen LogP contribution in [-0.2, 0) is 6.42 Å². The van der Waals surface area contributed by atoms with Crippen molar-refractivity contribution in [3.05, 3.63) is 29.3 Å². The number of hydrogen-bond acceptors (Lipinski definition) is 2. The quantitative estimate of drug-likeness (QED) is 0.755. The molecule has 0 saturated carbocycles. The molecule has 106 valence electrons. The summed E-state index contributed by atoms with van der Waals surface area (Å²) < 4.78 is 6.02. The molecule has 1 aromatic rings. The monoisotopic (exact) mass is 261 g/mol. The van der Waals surface area contributed by atoms with E-state index in [2.05, 4.69) is 44.3 Å². The van der Waals surface area contributed by atoms with E-state index in [0.717, 1.165) is 31.2 Å². The van der Waals surface area contributed by atoms with E-state index in [0.29, 0.717) is 6.10 Å². The van der Waals surface area contributed by atoms with Crippen LogP contribution in [0.4, 0.5) is 0 Å². The van der Waals surface area contributed by atoms with E-state index >= 15 is 0 Å². The van der Waals surface area contributed by atoms with Crippen molar-refractivity contribution in [2.24, 2.45) is 5.92 Å². The Balaban J connectivity index is 1.72. The highest BCUT2D eigenvalue weighted by Gasteiger charge is 2.22. The van der Waals surface area contributed by atoms with Gasteiger partial charge in [0.1, 0.15) is 11.9 Å². The number of nitrogens with one attached hydrogen (secondary N) is 1. The fourth-order valence-corrected chi connectivity index (χ4v) is 2.71. The minimum absolute atomic E-state index is 0.394. The zero-order chi connectivity index (χ0) is 13.7. The normalized spacial score (nSPS) is 19.0. The first-order valence-corrected chi connectivity index (χ1v) is 7.66. The lowest BCUT2D eigenvalue weighted by atomic mass is 9.99. The van der Waals surface area contributed by atoms with Gasteiger partial charge >= 0.3 is 0 Å². The van der Waals surface area contributed by atoms with Crippen LogP contribution in [0.15, 0.2) is 18.2 Å². The highest BCUT2D eigenvalue weighted by Crippen LogP contribution is 2.31. The molecule has 2 heteroatoms. The lowest BCUT2D eigenvalue weighted by Crippen LogP contribution is -2.23. The van der Waals surface area contributed by atoms with Crippen LogP contribution in [0.5, 0.6) is 5.75 Å². The molecule has 0 bridgehead atoms. The minimum Gasteiger partial charge on any atom is -0.490 e. The zero-order valence-corrected chi connectivity index (χ0v) is 12.5. The van der Waals surface area contributed by atoms with Crippen LogP contribution in [0, 0.1) is 12.8 Å². The first kappa shape index (κ1) is 14.4. The summed E-state index contributed by atoms with van der Waals surface area (Å²) in [6, 6.07) is 6.52. The third-order valence-corrected chi connectivity index (χ3v) is 3.86. The Morgan fingerprint density at radius 2 is 2.26 bits per heavy atom. The Hall–Kier alpha value is -1.02. The fourth-order valence-electron chi connectivity index (χ4n) is 2.71. The smallest absolute Gasteiger partial charge is 0.123 e. The number of aryl methyl sites for hydroxylation is 1. The maximum atomic E-state index is 6.02. The van der Waals surface area contributed by atoms with Crippen molar-refractivity contribution in [1.29, 1.82) is 0 Å². The molecule has 1 heterocycles. The topological polar surface area (TPSA) is 21.3 Å². The third kappa shape index (κ3) is 4.24. The van der Waals surface area contributed by atoms with Gasteiger partial charge in [-0.2, -0.15) is 0 Å². The van der Waals surface area contributed by atoms with Gasteiger partial charge in [0.2, 0.25) is 0 Å². The average Bonchev–Trinajstić information content (AvgIpc) is 2.78. The molecule has 2 nitrogen and oxygen atoms in total. The van der Waals surface area contributed by atoms with E-state index in [1.54, 1.807) is 0 Å². The second-order valence-corrected chi connectivity index (χ2v) is 5.94. The Morgan fingerprint density at radius 3 is 3.05 bits per heavy atom. The van der Waals surface area contributed by atoms with E-state index < -0.39 is 0 Å². The van der Waals surface area contributed by atoms with Crippen LogP contribution < -0.4 is 10.1 Å². The molecule has 1 aromatic carbocycles. The Morgan fingerprint density at radius 1 is 1.42 bits per heavy atom. The number of fused-ring (bicyclic) bond motifs is 1. The summed E-state index contributed by atoms with van der Waals surface area (Å²) >= 11 is 0. The molecule has 0 saturated heterocycles. The summed E-state index contributed by atoms with van der Waals surface area (Å²) in [5.74, 6) is 1.84. The van der Waals surface area contributed by atoms with Gasteiger partial charge in [0.05, 0.1) is 0 Å². The molecule has 0 aromatic heterocycles. The van der Waals surface area contributed by atoms with Crippen molar-refractivity contribution in [1.82, 2.24) is 5.32 Å². The van der Waals surface area contributed by atoms with Gasteiger partial charge in [-0.1, -0.05) is 31.5 Å². The molecule has 1 aliphatic rings. The molecule has 0 radical (unpaired) electrons. The van der Waals surface area contributed by atoms with Crippen LogP contribution >= 0.6 is 0 Å². The summed E-state index contributed by atoms with van der Waals surface area (Å²) in [7, 11) is 0. The van der Waals surface area contributed by atoms with E-state index in [-0.39, 0.29) is 0 Å². The molecule has 1 N–H and O–H groups in total. The number of hydrogen-bond donors (Lipinski definition) is 1. The van der Waals surface area contributed by atoms with Crippen LogP contribution in [0.1, 0.15) is 44.2 Å². The van der Waals surface area contributed by atoms with E-state index in [4.69, 9.17) is 4.74 Å². The van der Waals surface area contributed by atoms with E-state index in [1.807, 2.05) is 0 Å². The maximum Gasteiger partial charge on any atom is 0.123 e. The van der Waals surface area contributed by atoms with Crippen LogP contribution in [0.3, 0.4) is 0 Å². The molecule has 0 fully saturated rings. The number of rotatable bonds is 7. The summed E-state index contributed by atoms with van der Waals surface area (Å²) in [5.41, 5.74) is 2.72. The Bertz CT molecular complexity index is 402. The molecule has 0 spiro atoms. The highest BCUT2D eigenvalue weighted by molar-refractivity contribution is 5.40. The van der Waals surface area contributed by atoms with Crippen molar-refractivity contribution >= 4 is 0 Å². The first-order chi connectivity index (χ1) is 9.19. The molecular weight excluding hydrogens is 234 g/mol. The molecular formula is C17H27NO. The molecule has 2 atom stereocenters. The summed E-state index contributed by atoms with van der Waals surface area (Å²) in [6.45, 7) is 8.95. The average molecular weight is 261 g/mol. The van der Waals surface area contributed by atoms with Crippen molar-refractivity contribution in [2.75, 3.05) is 13.1 Å². The predicted molar refractivity (Wildman–Crippen MR) is 80.9 cm³/mol. The van der Waals surface area contributed by atoms with Gasteiger partial charge in [-0.25, -0.2) is 0 Å². The largest absolute Gasteiger partial charge is 0.490 e. The van der Waals surface area contributed by atoms with Gasteiger partial charge in [0.15, 0.2) is 0 Å². The van der Waals surface area contributed by atoms with Crippen LogP contribution in [0.25, 0.3) is 0 Å². The fraction of sp³-hybridized carbons (Fsp3) is 0.647. The summed E-state index contributed by atoms with van der Waals surface area (Å²) in [5, 5.41) is 3.49. The lowest BCUT2D eigenvalue weighted by Gasteiger charge is -2.15. The van der Waals surface area contributed by atoms with Gasteiger partial charge in [0.25, 0.3) is 0 Å². The second kappa shape index (κ2) is 6.95. The maximum absolute atomic E-state index is 6.02. The van der Waals surface area contributed by atoms with Crippen molar-refractivity contribution in [2.45, 2.75) is 52.6 Å². The van der Waals surface area contributed by atoms with Crippen molar-refractivity contribution < 1.29 is 4.74 Å². The Kier molecular flexibility index (Phi) is 5.26. The minimum atomic E-state index is 0.394. The standard InChI is InChI=1S/C17H27NO/c1-4-9-18-12-14(3)5-7-16-11-15-10-13(2)6-8-17(15)19-16/h6,8,10,14,16,18H,4-5,7,9,11-12H2,1-3H3. The SMILES string of the molecule is CCCNCC(C)CCC1Cc2cc(C)ccc2O1. The van der Waals surface area contributed by atoms with Gasteiger partial charge in [-0.3, -0.25) is 0 Å². The summed E-state index contributed by atoms with van der Waals surface area (Å²) in [6.07, 6.45) is 5.11. The van der Waals surface area contributed by atoms with Crippen molar-refractivity contribution in [3.8, 4) is 5.75 Å². The van der Waals surface area contributed by atoms with Gasteiger partial charge < -0.3 is 10.1 Å². The van der Waals surface area contributed by atoms with E-state index in [1.165, 1.54) is 30.4 Å². The van der Waals surface area contributed by atoms with Crippen LogP contribution in [0.2, 0.25) is 0 Å². The van der Waals surface area contributed by atoms with Crippen LogP contribution in [-0.4, -0.2) is 19.2 Å². The first-order valence-electron chi connectivity index (χ1n) is 7.66. The third-order valence-electron chi connectivity index (χ3n) is 3.86. The molecule has 19 heavy (non-hydrogen) atoms. The van der Waals surface area contributed by atoms with Gasteiger partial charge in [-0.15, -0.1) is 0 Å². The number of benzene rings is 1. The van der Waals surface area contributed by atoms with Gasteiger partial charge in [0, 0.05) is 6.42 Å². The molecule has 2 rings (SSSR count). The Labute approximate surface area is 117 Å².